The zero-order valence-electron chi connectivity index (χ0n) is 7.93. The van der Waals surface area contributed by atoms with Gasteiger partial charge in [-0.25, -0.2) is 0 Å². The zero-order chi connectivity index (χ0) is 11.3. The number of benzene rings is 1. The van der Waals surface area contributed by atoms with E-state index in [2.05, 4.69) is 9.91 Å². The Labute approximate surface area is 85.6 Å². The van der Waals surface area contributed by atoms with Crippen molar-refractivity contribution in [3.8, 4) is 23.5 Å². The molecule has 0 amide bonds. The summed E-state index contributed by atoms with van der Waals surface area (Å²) >= 11 is 0. The molecule has 0 saturated heterocycles. The summed E-state index contributed by atoms with van der Waals surface area (Å²) in [6.45, 7) is 2.02. The van der Waals surface area contributed by atoms with Crippen LogP contribution in [0.3, 0.4) is 0 Å². The molecule has 0 saturated carbocycles. The first kappa shape index (κ1) is 10.8. The van der Waals surface area contributed by atoms with Gasteiger partial charge in [0, 0.05) is 12.1 Å². The van der Waals surface area contributed by atoms with Crippen molar-refractivity contribution < 1.29 is 14.6 Å². The van der Waals surface area contributed by atoms with E-state index in [4.69, 9.17) is 10.00 Å². The first-order chi connectivity index (χ1) is 7.22. The van der Waals surface area contributed by atoms with Crippen LogP contribution in [0.5, 0.6) is 17.2 Å². The van der Waals surface area contributed by atoms with Crippen LogP contribution in [0.2, 0.25) is 0 Å². The van der Waals surface area contributed by atoms with Gasteiger partial charge in [0.15, 0.2) is 17.2 Å². The van der Waals surface area contributed by atoms with E-state index in [1.807, 2.05) is 0 Å². The highest BCUT2D eigenvalue weighted by molar-refractivity contribution is 5.62. The van der Waals surface area contributed by atoms with Crippen LogP contribution in [0.15, 0.2) is 17.3 Å². The first-order valence-electron chi connectivity index (χ1n) is 4.12. The summed E-state index contributed by atoms with van der Waals surface area (Å²) in [5.41, 5.74) is -0.230. The molecule has 0 spiro atoms. The normalized spacial score (nSPS) is 9.07. The predicted molar refractivity (Wildman–Crippen MR) is 51.0 cm³/mol. The van der Waals surface area contributed by atoms with Gasteiger partial charge in [0.2, 0.25) is 0 Å². The summed E-state index contributed by atoms with van der Waals surface area (Å²) in [6.07, 6.45) is 1.44. The van der Waals surface area contributed by atoms with E-state index in [1.165, 1.54) is 12.3 Å². The topological polar surface area (TPSA) is 91.9 Å². The van der Waals surface area contributed by atoms with E-state index >= 15 is 0 Å². The lowest BCUT2D eigenvalue weighted by Gasteiger charge is -2.07. The maximum Gasteiger partial charge on any atom is 0.292 e. The van der Waals surface area contributed by atoms with Gasteiger partial charge in [-0.3, -0.25) is 0 Å². The van der Waals surface area contributed by atoms with Crippen molar-refractivity contribution in [2.45, 2.75) is 6.92 Å². The molecule has 1 rings (SSSR count). The Morgan fingerprint density at radius 3 is 2.87 bits per heavy atom. The molecule has 6 nitrogen and oxygen atoms in total. The van der Waals surface area contributed by atoms with Crippen molar-refractivity contribution in [3.05, 3.63) is 17.0 Å². The number of rotatable bonds is 4. The Hall–Kier alpha value is -2.29. The van der Waals surface area contributed by atoms with E-state index in [1.54, 1.807) is 6.92 Å². The number of nitriles is 1. The molecule has 0 heterocycles. The molecule has 0 atom stereocenters. The highest BCUT2D eigenvalue weighted by atomic mass is 16.5. The SMILES string of the molecule is CCOc1cc(OC#N)cc(N=O)c1O. The van der Waals surface area contributed by atoms with Crippen molar-refractivity contribution >= 4 is 5.69 Å². The van der Waals surface area contributed by atoms with Gasteiger partial charge >= 0.3 is 0 Å². The predicted octanol–water partition coefficient (Wildman–Crippen LogP) is 2.05. The van der Waals surface area contributed by atoms with Gasteiger partial charge in [-0.1, -0.05) is 0 Å². The Bertz CT molecular complexity index is 411. The van der Waals surface area contributed by atoms with Crippen LogP contribution >= 0.6 is 0 Å². The third kappa shape index (κ3) is 2.34. The Kier molecular flexibility index (Phi) is 3.46. The number of ether oxygens (including phenoxy) is 2. The van der Waals surface area contributed by atoms with Crippen molar-refractivity contribution in [1.29, 1.82) is 5.26 Å². The van der Waals surface area contributed by atoms with Gasteiger partial charge in [0.25, 0.3) is 6.26 Å². The Balaban J connectivity index is 3.19. The first-order valence-corrected chi connectivity index (χ1v) is 4.12. The molecule has 0 bridgehead atoms. The second kappa shape index (κ2) is 4.81. The maximum atomic E-state index is 10.3. The number of nitroso groups, excluding NO2 is 1. The summed E-state index contributed by atoms with van der Waals surface area (Å²) in [5, 5.41) is 20.3. The highest BCUT2D eigenvalue weighted by Crippen LogP contribution is 2.40. The fraction of sp³-hybridized carbons (Fsp3) is 0.222. The van der Waals surface area contributed by atoms with E-state index in [-0.39, 0.29) is 22.9 Å². The summed E-state index contributed by atoms with van der Waals surface area (Å²) in [6, 6.07) is 2.45. The molecule has 0 aromatic heterocycles. The molecule has 1 N–H and O–H groups in total. The van der Waals surface area contributed by atoms with Gasteiger partial charge in [0.05, 0.1) is 6.61 Å². The summed E-state index contributed by atoms with van der Waals surface area (Å²) in [4.78, 5) is 10.3. The molecule has 1 aromatic rings. The van der Waals surface area contributed by atoms with Gasteiger partial charge in [-0.05, 0) is 12.1 Å². The van der Waals surface area contributed by atoms with E-state index < -0.39 is 0 Å². The van der Waals surface area contributed by atoms with E-state index in [0.717, 1.165) is 6.07 Å². The summed E-state index contributed by atoms with van der Waals surface area (Å²) in [7, 11) is 0. The third-order valence-corrected chi connectivity index (χ3v) is 1.59. The second-order valence-electron chi connectivity index (χ2n) is 2.51. The number of nitrogens with zero attached hydrogens (tertiary/aromatic N) is 2. The molecular formula is C9H8N2O4. The van der Waals surface area contributed by atoms with Crippen LogP contribution in [0, 0.1) is 16.4 Å². The summed E-state index contributed by atoms with van der Waals surface area (Å²) < 4.78 is 9.53. The number of hydrogen-bond acceptors (Lipinski definition) is 6. The standard InChI is InChI=1S/C9H8N2O4/c1-2-14-8-4-6(15-5-10)3-7(11-13)9(8)12/h3-4,12H,2H2,1H3. The lowest BCUT2D eigenvalue weighted by molar-refractivity contribution is 0.317. The minimum atomic E-state index is -0.364. The average Bonchev–Trinajstić information content (AvgIpc) is 2.23. The Morgan fingerprint density at radius 2 is 2.33 bits per heavy atom. The van der Waals surface area contributed by atoms with E-state index in [9.17, 15) is 10.0 Å². The number of phenolic OH excluding ortho intramolecular Hbond substituents is 1. The molecule has 0 aliphatic carbocycles. The van der Waals surface area contributed by atoms with Crippen LogP contribution in [0.4, 0.5) is 5.69 Å². The molecule has 0 fully saturated rings. The second-order valence-corrected chi connectivity index (χ2v) is 2.51. The summed E-state index contributed by atoms with van der Waals surface area (Å²) in [5.74, 6) is -0.217. The smallest absolute Gasteiger partial charge is 0.292 e. The average molecular weight is 208 g/mol. The van der Waals surface area contributed by atoms with Crippen LogP contribution < -0.4 is 9.47 Å². The van der Waals surface area contributed by atoms with Gasteiger partial charge in [-0.15, -0.1) is 10.2 Å². The molecule has 1 aromatic carbocycles. The van der Waals surface area contributed by atoms with Gasteiger partial charge in [-0.2, -0.15) is 0 Å². The lowest BCUT2D eigenvalue weighted by atomic mass is 10.2. The van der Waals surface area contributed by atoms with Crippen LogP contribution in [0.25, 0.3) is 0 Å². The van der Waals surface area contributed by atoms with Crippen LogP contribution in [-0.4, -0.2) is 11.7 Å². The fourth-order valence-corrected chi connectivity index (χ4v) is 1.02. The number of phenols is 1. The van der Waals surface area contributed by atoms with E-state index in [0.29, 0.717) is 6.61 Å². The molecule has 6 heteroatoms. The van der Waals surface area contributed by atoms with Gasteiger partial charge < -0.3 is 14.6 Å². The highest BCUT2D eigenvalue weighted by Gasteiger charge is 2.12. The van der Waals surface area contributed by atoms with Crippen molar-refractivity contribution in [2.24, 2.45) is 5.18 Å². The van der Waals surface area contributed by atoms with Crippen molar-refractivity contribution in [3.63, 3.8) is 0 Å². The minimum Gasteiger partial charge on any atom is -0.503 e. The molecule has 0 aliphatic heterocycles. The maximum absolute atomic E-state index is 10.3. The van der Waals surface area contributed by atoms with Crippen molar-refractivity contribution in [1.82, 2.24) is 0 Å². The third-order valence-electron chi connectivity index (χ3n) is 1.59. The monoisotopic (exact) mass is 208 g/mol. The largest absolute Gasteiger partial charge is 0.503 e. The Morgan fingerprint density at radius 1 is 1.60 bits per heavy atom. The number of aromatic hydroxyl groups is 1. The molecule has 15 heavy (non-hydrogen) atoms. The number of hydrogen-bond donors (Lipinski definition) is 1. The van der Waals surface area contributed by atoms with Crippen LogP contribution in [0.1, 0.15) is 6.92 Å². The molecular weight excluding hydrogens is 200 g/mol. The molecule has 0 aliphatic rings. The van der Waals surface area contributed by atoms with Crippen LogP contribution in [-0.2, 0) is 0 Å². The lowest BCUT2D eigenvalue weighted by Crippen LogP contribution is -1.93. The fourth-order valence-electron chi connectivity index (χ4n) is 1.02. The molecule has 0 unspecified atom stereocenters. The zero-order valence-corrected chi connectivity index (χ0v) is 7.93. The van der Waals surface area contributed by atoms with Crippen molar-refractivity contribution in [2.75, 3.05) is 6.61 Å². The quantitative estimate of drug-likeness (QED) is 0.603. The minimum absolute atomic E-state index is 0.0554. The molecule has 78 valence electrons. The van der Waals surface area contributed by atoms with Gasteiger partial charge in [0.1, 0.15) is 5.75 Å². The molecule has 0 radical (unpaired) electrons.